The van der Waals surface area contributed by atoms with E-state index in [4.69, 9.17) is 10.8 Å². The SMILES string of the molecule is C[C@H](NC(=O)[C@H](CSCc1ccc(-c2ccccc2)cc1)NC(=O)CC[C@H](N)C(=O)O)C1CCCCC1. The third kappa shape index (κ3) is 9.52. The van der Waals surface area contributed by atoms with Crippen molar-refractivity contribution >= 4 is 29.5 Å². The van der Waals surface area contributed by atoms with Gasteiger partial charge in [0.05, 0.1) is 0 Å². The molecule has 0 heterocycles. The molecule has 37 heavy (non-hydrogen) atoms. The van der Waals surface area contributed by atoms with Gasteiger partial charge in [-0.05, 0) is 48.8 Å². The molecule has 2 aromatic carbocycles. The second-order valence-electron chi connectivity index (χ2n) is 9.88. The number of carboxylic acids is 1. The molecule has 0 bridgehead atoms. The third-order valence-electron chi connectivity index (χ3n) is 6.99. The van der Waals surface area contributed by atoms with Crippen LogP contribution in [-0.2, 0) is 20.1 Å². The maximum absolute atomic E-state index is 13.2. The van der Waals surface area contributed by atoms with Crippen LogP contribution in [0.3, 0.4) is 0 Å². The molecular formula is C29H39N3O4S. The van der Waals surface area contributed by atoms with E-state index >= 15 is 0 Å². The molecule has 2 aromatic rings. The van der Waals surface area contributed by atoms with E-state index in [1.165, 1.54) is 19.3 Å². The summed E-state index contributed by atoms with van der Waals surface area (Å²) in [5.74, 6) is -0.122. The minimum atomic E-state index is -1.14. The topological polar surface area (TPSA) is 122 Å². The van der Waals surface area contributed by atoms with Gasteiger partial charge in [-0.25, -0.2) is 0 Å². The first kappa shape index (κ1) is 28.7. The number of benzene rings is 2. The van der Waals surface area contributed by atoms with Crippen molar-refractivity contribution in [1.82, 2.24) is 10.6 Å². The van der Waals surface area contributed by atoms with Crippen LogP contribution in [0.15, 0.2) is 54.6 Å². The number of thioether (sulfide) groups is 1. The Bertz CT molecular complexity index is 1010. The molecule has 1 aliphatic carbocycles. The van der Waals surface area contributed by atoms with Crippen LogP contribution < -0.4 is 16.4 Å². The first-order chi connectivity index (χ1) is 17.8. The van der Waals surface area contributed by atoms with Crippen molar-refractivity contribution in [2.45, 2.75) is 75.7 Å². The Balaban J connectivity index is 1.56. The summed E-state index contributed by atoms with van der Waals surface area (Å²) in [5.41, 5.74) is 8.98. The van der Waals surface area contributed by atoms with Gasteiger partial charge in [-0.2, -0.15) is 11.8 Å². The molecule has 1 saturated carbocycles. The molecule has 8 heteroatoms. The average Bonchev–Trinajstić information content (AvgIpc) is 2.92. The summed E-state index contributed by atoms with van der Waals surface area (Å²) in [6.45, 7) is 2.04. The molecule has 1 fully saturated rings. The van der Waals surface area contributed by atoms with Crippen molar-refractivity contribution < 1.29 is 19.5 Å². The molecule has 3 atom stereocenters. The highest BCUT2D eigenvalue weighted by Gasteiger charge is 2.26. The molecule has 0 spiro atoms. The van der Waals surface area contributed by atoms with Crippen LogP contribution in [0.1, 0.15) is 57.4 Å². The Kier molecular flexibility index (Phi) is 11.5. The predicted molar refractivity (Wildman–Crippen MR) is 149 cm³/mol. The maximum Gasteiger partial charge on any atom is 0.320 e. The van der Waals surface area contributed by atoms with Crippen molar-refractivity contribution in [3.8, 4) is 11.1 Å². The van der Waals surface area contributed by atoms with Crippen LogP contribution in [0.4, 0.5) is 0 Å². The average molecular weight is 526 g/mol. The molecule has 0 saturated heterocycles. The van der Waals surface area contributed by atoms with Crippen LogP contribution in [0.2, 0.25) is 0 Å². The second-order valence-corrected chi connectivity index (χ2v) is 10.9. The number of carbonyl (C=O) groups is 3. The number of hydrogen-bond donors (Lipinski definition) is 4. The van der Waals surface area contributed by atoms with E-state index in [1.807, 2.05) is 25.1 Å². The van der Waals surface area contributed by atoms with Crippen LogP contribution in [-0.4, -0.2) is 46.8 Å². The lowest BCUT2D eigenvalue weighted by atomic mass is 9.84. The van der Waals surface area contributed by atoms with E-state index in [-0.39, 0.29) is 30.7 Å². The highest BCUT2D eigenvalue weighted by molar-refractivity contribution is 7.98. The standard InChI is InChI=1S/C29H39N3O4S/c1-20(22-8-4-2-5-9-22)31-28(34)26(32-27(33)17-16-25(30)29(35)36)19-37-18-21-12-14-24(15-13-21)23-10-6-3-7-11-23/h3,6-7,10-15,20,22,25-26H,2,4-5,8-9,16-19,30H2,1H3,(H,31,34)(H,32,33)(H,35,36)/t20-,25-,26-/m0/s1. The maximum atomic E-state index is 13.2. The van der Waals surface area contributed by atoms with Gasteiger partial charge in [-0.15, -0.1) is 0 Å². The lowest BCUT2D eigenvalue weighted by molar-refractivity contribution is -0.138. The Morgan fingerprint density at radius 1 is 0.973 bits per heavy atom. The molecule has 5 N–H and O–H groups in total. The molecule has 2 amide bonds. The van der Waals surface area contributed by atoms with E-state index in [1.54, 1.807) is 11.8 Å². The molecule has 0 unspecified atom stereocenters. The van der Waals surface area contributed by atoms with Crippen LogP contribution in [0.5, 0.6) is 0 Å². The van der Waals surface area contributed by atoms with Crippen molar-refractivity contribution in [3.63, 3.8) is 0 Å². The predicted octanol–water partition coefficient (Wildman–Crippen LogP) is 4.35. The summed E-state index contributed by atoms with van der Waals surface area (Å²) in [5, 5.41) is 14.9. The summed E-state index contributed by atoms with van der Waals surface area (Å²) in [6.07, 6.45) is 5.83. The molecule has 0 aromatic heterocycles. The number of hydrogen-bond acceptors (Lipinski definition) is 5. The minimum absolute atomic E-state index is 0.0227. The zero-order chi connectivity index (χ0) is 26.6. The molecule has 1 aliphatic rings. The van der Waals surface area contributed by atoms with E-state index in [0.29, 0.717) is 17.4 Å². The number of aliphatic carboxylic acids is 1. The minimum Gasteiger partial charge on any atom is -0.480 e. The fourth-order valence-electron chi connectivity index (χ4n) is 4.66. The Hall–Kier alpha value is -2.84. The molecule has 7 nitrogen and oxygen atoms in total. The summed E-state index contributed by atoms with van der Waals surface area (Å²) >= 11 is 1.58. The van der Waals surface area contributed by atoms with Gasteiger partial charge >= 0.3 is 5.97 Å². The summed E-state index contributed by atoms with van der Waals surface area (Å²) in [7, 11) is 0. The highest BCUT2D eigenvalue weighted by Crippen LogP contribution is 2.26. The lowest BCUT2D eigenvalue weighted by Gasteiger charge is -2.29. The number of amides is 2. The zero-order valence-corrected chi connectivity index (χ0v) is 22.3. The van der Waals surface area contributed by atoms with E-state index in [0.717, 1.165) is 29.5 Å². The fourth-order valence-corrected chi connectivity index (χ4v) is 5.67. The van der Waals surface area contributed by atoms with Gasteiger partial charge in [0.1, 0.15) is 12.1 Å². The van der Waals surface area contributed by atoms with Gasteiger partial charge < -0.3 is 21.5 Å². The lowest BCUT2D eigenvalue weighted by Crippen LogP contribution is -2.52. The van der Waals surface area contributed by atoms with Gasteiger partial charge in [-0.1, -0.05) is 73.9 Å². The first-order valence-electron chi connectivity index (χ1n) is 13.1. The third-order valence-corrected chi connectivity index (χ3v) is 8.10. The van der Waals surface area contributed by atoms with Gasteiger partial charge in [0.2, 0.25) is 11.8 Å². The van der Waals surface area contributed by atoms with E-state index < -0.39 is 18.1 Å². The van der Waals surface area contributed by atoms with Crippen LogP contribution >= 0.6 is 11.8 Å². The normalized spacial score (nSPS) is 16.4. The number of rotatable bonds is 13. The summed E-state index contributed by atoms with van der Waals surface area (Å²) < 4.78 is 0. The smallest absolute Gasteiger partial charge is 0.320 e. The number of nitrogens with two attached hydrogens (primary N) is 1. The largest absolute Gasteiger partial charge is 0.480 e. The van der Waals surface area contributed by atoms with Crippen molar-refractivity contribution in [3.05, 3.63) is 60.2 Å². The molecule has 3 rings (SSSR count). The van der Waals surface area contributed by atoms with E-state index in [2.05, 4.69) is 47.0 Å². The number of carboxylic acid groups (broad SMARTS) is 1. The Morgan fingerprint density at radius 2 is 1.62 bits per heavy atom. The molecule has 0 aliphatic heterocycles. The monoisotopic (exact) mass is 525 g/mol. The van der Waals surface area contributed by atoms with Gasteiger partial charge in [0, 0.05) is 24.0 Å². The fraction of sp³-hybridized carbons (Fsp3) is 0.483. The molecular weight excluding hydrogens is 486 g/mol. The quantitative estimate of drug-likeness (QED) is 0.309. The van der Waals surface area contributed by atoms with Gasteiger partial charge in [-0.3, -0.25) is 14.4 Å². The van der Waals surface area contributed by atoms with Gasteiger partial charge in [0.15, 0.2) is 0 Å². The highest BCUT2D eigenvalue weighted by atomic mass is 32.2. The molecule has 0 radical (unpaired) electrons. The van der Waals surface area contributed by atoms with Gasteiger partial charge in [0.25, 0.3) is 0 Å². The second kappa shape index (κ2) is 14.8. The summed E-state index contributed by atoms with van der Waals surface area (Å²) in [4.78, 5) is 36.7. The Morgan fingerprint density at radius 3 is 2.27 bits per heavy atom. The molecule has 200 valence electrons. The Labute approximate surface area is 224 Å². The van der Waals surface area contributed by atoms with Crippen LogP contribution in [0, 0.1) is 5.92 Å². The van der Waals surface area contributed by atoms with Crippen molar-refractivity contribution in [2.75, 3.05) is 5.75 Å². The van der Waals surface area contributed by atoms with E-state index in [9.17, 15) is 14.4 Å². The van der Waals surface area contributed by atoms with Crippen molar-refractivity contribution in [1.29, 1.82) is 0 Å². The van der Waals surface area contributed by atoms with Crippen molar-refractivity contribution in [2.24, 2.45) is 11.7 Å². The zero-order valence-electron chi connectivity index (χ0n) is 21.5. The number of nitrogens with one attached hydrogen (secondary N) is 2. The summed E-state index contributed by atoms with van der Waals surface area (Å²) in [6, 6.07) is 16.8. The van der Waals surface area contributed by atoms with Crippen LogP contribution in [0.25, 0.3) is 11.1 Å². The number of carbonyl (C=O) groups excluding carboxylic acids is 2. The first-order valence-corrected chi connectivity index (χ1v) is 14.3.